The first-order chi connectivity index (χ1) is 6.13. The van der Waals surface area contributed by atoms with E-state index in [1.54, 1.807) is 0 Å². The lowest BCUT2D eigenvalue weighted by atomic mass is 10.0. The smallest absolute Gasteiger partial charge is 0.309 e. The van der Waals surface area contributed by atoms with Gasteiger partial charge >= 0.3 is 5.97 Å². The summed E-state index contributed by atoms with van der Waals surface area (Å²) in [6.45, 7) is 4.51. The first-order valence-corrected chi connectivity index (χ1v) is 4.38. The summed E-state index contributed by atoms with van der Waals surface area (Å²) in [4.78, 5) is 11.1. The van der Waals surface area contributed by atoms with Crippen molar-refractivity contribution in [3.63, 3.8) is 0 Å². The Morgan fingerprint density at radius 2 is 2.23 bits per heavy atom. The van der Waals surface area contributed by atoms with Gasteiger partial charge in [-0.1, -0.05) is 6.92 Å². The van der Waals surface area contributed by atoms with Gasteiger partial charge in [-0.3, -0.25) is 4.79 Å². The Bertz CT molecular complexity index is 196. The summed E-state index contributed by atoms with van der Waals surface area (Å²) >= 11 is 0. The Morgan fingerprint density at radius 1 is 1.62 bits per heavy atom. The van der Waals surface area contributed by atoms with Crippen molar-refractivity contribution in [2.75, 3.05) is 13.7 Å². The second kappa shape index (κ2) is 6.50. The van der Waals surface area contributed by atoms with Crippen LogP contribution in [0.2, 0.25) is 0 Å². The van der Waals surface area contributed by atoms with Crippen LogP contribution in [-0.4, -0.2) is 25.7 Å². The molecule has 1 N–H and O–H groups in total. The van der Waals surface area contributed by atoms with Crippen molar-refractivity contribution in [1.82, 2.24) is 5.32 Å². The van der Waals surface area contributed by atoms with Crippen LogP contribution in [0, 0.1) is 18.3 Å². The lowest BCUT2D eigenvalue weighted by molar-refractivity contribution is -0.145. The van der Waals surface area contributed by atoms with Gasteiger partial charge in [0.1, 0.15) is 0 Å². The molecule has 74 valence electrons. The molecule has 0 aromatic rings. The number of carbonyl (C=O) groups is 1. The lowest BCUT2D eigenvalue weighted by Gasteiger charge is -2.18. The number of rotatable bonds is 5. The third-order valence-corrected chi connectivity index (χ3v) is 2.06. The van der Waals surface area contributed by atoms with E-state index in [0.29, 0.717) is 6.42 Å². The minimum absolute atomic E-state index is 0.0980. The van der Waals surface area contributed by atoms with Crippen molar-refractivity contribution in [3.8, 4) is 12.3 Å². The molecular formula is C10H17NO2. The van der Waals surface area contributed by atoms with E-state index in [-0.39, 0.29) is 17.9 Å². The minimum Gasteiger partial charge on any atom is -0.469 e. The molecule has 0 amide bonds. The van der Waals surface area contributed by atoms with Gasteiger partial charge in [0.2, 0.25) is 0 Å². The molecule has 0 bridgehead atoms. The van der Waals surface area contributed by atoms with Crippen LogP contribution in [0.1, 0.15) is 20.3 Å². The van der Waals surface area contributed by atoms with E-state index in [9.17, 15) is 4.79 Å². The molecule has 0 aromatic carbocycles. The highest BCUT2D eigenvalue weighted by Gasteiger charge is 2.19. The second-order valence-electron chi connectivity index (χ2n) is 3.01. The maximum Gasteiger partial charge on any atom is 0.309 e. The Kier molecular flexibility index (Phi) is 5.99. The number of nitrogens with one attached hydrogen (secondary N) is 1. The molecular weight excluding hydrogens is 166 g/mol. The molecule has 0 heterocycles. The predicted molar refractivity (Wildman–Crippen MR) is 52.1 cm³/mol. The fraction of sp³-hybridized carbons (Fsp3) is 0.700. The first-order valence-electron chi connectivity index (χ1n) is 4.38. The van der Waals surface area contributed by atoms with Crippen LogP contribution in [0.5, 0.6) is 0 Å². The van der Waals surface area contributed by atoms with E-state index in [0.717, 1.165) is 6.54 Å². The molecule has 2 atom stereocenters. The molecule has 0 saturated heterocycles. The fourth-order valence-electron chi connectivity index (χ4n) is 0.939. The van der Waals surface area contributed by atoms with Gasteiger partial charge in [0.05, 0.1) is 13.0 Å². The molecule has 0 aliphatic rings. The highest BCUT2D eigenvalue weighted by molar-refractivity contribution is 5.72. The SMILES string of the molecule is C#CCCNC(C)C(C)C(=O)OC. The molecule has 0 aliphatic heterocycles. The number of terminal acetylenes is 1. The van der Waals surface area contributed by atoms with E-state index in [2.05, 4.69) is 16.0 Å². The zero-order chi connectivity index (χ0) is 10.3. The normalized spacial score (nSPS) is 14.3. The number of methoxy groups -OCH3 is 1. The molecule has 0 spiro atoms. The summed E-state index contributed by atoms with van der Waals surface area (Å²) in [5, 5.41) is 3.16. The van der Waals surface area contributed by atoms with Crippen molar-refractivity contribution in [3.05, 3.63) is 0 Å². The average Bonchev–Trinajstić information content (AvgIpc) is 2.15. The highest BCUT2D eigenvalue weighted by atomic mass is 16.5. The summed E-state index contributed by atoms with van der Waals surface area (Å²) in [7, 11) is 1.40. The molecule has 3 nitrogen and oxygen atoms in total. The third-order valence-electron chi connectivity index (χ3n) is 2.06. The number of esters is 1. The average molecular weight is 183 g/mol. The van der Waals surface area contributed by atoms with Gasteiger partial charge in [-0.2, -0.15) is 0 Å². The maximum atomic E-state index is 11.1. The molecule has 0 saturated carbocycles. The third kappa shape index (κ3) is 4.54. The zero-order valence-corrected chi connectivity index (χ0v) is 8.46. The van der Waals surface area contributed by atoms with Crippen LogP contribution in [0.15, 0.2) is 0 Å². The first kappa shape index (κ1) is 12.0. The van der Waals surface area contributed by atoms with Crippen molar-refractivity contribution < 1.29 is 9.53 Å². The van der Waals surface area contributed by atoms with Gasteiger partial charge in [0.25, 0.3) is 0 Å². The van der Waals surface area contributed by atoms with Crippen LogP contribution in [0.4, 0.5) is 0 Å². The molecule has 0 fully saturated rings. The Labute approximate surface area is 79.8 Å². The van der Waals surface area contributed by atoms with Crippen LogP contribution in [0.25, 0.3) is 0 Å². The molecule has 3 heteroatoms. The Hall–Kier alpha value is -1.01. The topological polar surface area (TPSA) is 38.3 Å². The molecule has 0 rings (SSSR count). The van der Waals surface area contributed by atoms with Gasteiger partial charge in [0.15, 0.2) is 0 Å². The molecule has 0 aliphatic carbocycles. The van der Waals surface area contributed by atoms with E-state index in [4.69, 9.17) is 6.42 Å². The van der Waals surface area contributed by atoms with Gasteiger partial charge in [-0.05, 0) is 6.92 Å². The van der Waals surface area contributed by atoms with Gasteiger partial charge in [-0.25, -0.2) is 0 Å². The van der Waals surface area contributed by atoms with E-state index in [1.807, 2.05) is 13.8 Å². The number of carbonyl (C=O) groups excluding carboxylic acids is 1. The molecule has 2 unspecified atom stereocenters. The van der Waals surface area contributed by atoms with Crippen LogP contribution >= 0.6 is 0 Å². The number of hydrogen-bond donors (Lipinski definition) is 1. The van der Waals surface area contributed by atoms with Crippen LogP contribution < -0.4 is 5.32 Å². The van der Waals surface area contributed by atoms with Crippen LogP contribution in [0.3, 0.4) is 0 Å². The predicted octanol–water partition coefficient (Wildman–Crippen LogP) is 0.797. The molecule has 0 aromatic heterocycles. The molecule has 0 radical (unpaired) electrons. The monoisotopic (exact) mass is 183 g/mol. The van der Waals surface area contributed by atoms with Crippen molar-refractivity contribution in [2.24, 2.45) is 5.92 Å². The standard InChI is InChI=1S/C10H17NO2/c1-5-6-7-11-9(3)8(2)10(12)13-4/h1,8-9,11H,6-7H2,2-4H3. The van der Waals surface area contributed by atoms with E-state index >= 15 is 0 Å². The van der Waals surface area contributed by atoms with Crippen LogP contribution in [-0.2, 0) is 9.53 Å². The number of hydrogen-bond acceptors (Lipinski definition) is 3. The number of ether oxygens (including phenoxy) is 1. The second-order valence-corrected chi connectivity index (χ2v) is 3.01. The van der Waals surface area contributed by atoms with Gasteiger partial charge < -0.3 is 10.1 Å². The molecule has 13 heavy (non-hydrogen) atoms. The summed E-state index contributed by atoms with van der Waals surface area (Å²) in [6.07, 6.45) is 5.77. The van der Waals surface area contributed by atoms with Crippen molar-refractivity contribution >= 4 is 5.97 Å². The lowest BCUT2D eigenvalue weighted by Crippen LogP contribution is -2.37. The zero-order valence-electron chi connectivity index (χ0n) is 8.46. The fourth-order valence-corrected chi connectivity index (χ4v) is 0.939. The Morgan fingerprint density at radius 3 is 2.69 bits per heavy atom. The quantitative estimate of drug-likeness (QED) is 0.389. The largest absolute Gasteiger partial charge is 0.469 e. The van der Waals surface area contributed by atoms with Crippen molar-refractivity contribution in [1.29, 1.82) is 0 Å². The van der Waals surface area contributed by atoms with Gasteiger partial charge in [0, 0.05) is 19.0 Å². The summed E-state index contributed by atoms with van der Waals surface area (Å²) < 4.78 is 4.62. The maximum absolute atomic E-state index is 11.1. The van der Waals surface area contributed by atoms with Gasteiger partial charge in [-0.15, -0.1) is 12.3 Å². The summed E-state index contributed by atoms with van der Waals surface area (Å²) in [6, 6.07) is 0.0980. The van der Waals surface area contributed by atoms with Crippen molar-refractivity contribution in [2.45, 2.75) is 26.3 Å². The minimum atomic E-state index is -0.194. The van der Waals surface area contributed by atoms with E-state index in [1.165, 1.54) is 7.11 Å². The Balaban J connectivity index is 3.76. The highest BCUT2D eigenvalue weighted by Crippen LogP contribution is 2.03. The van der Waals surface area contributed by atoms with E-state index < -0.39 is 0 Å². The summed E-state index contributed by atoms with van der Waals surface area (Å²) in [5.41, 5.74) is 0. The summed E-state index contributed by atoms with van der Waals surface area (Å²) in [5.74, 6) is 2.20.